The zero-order valence-corrected chi connectivity index (χ0v) is 21.4. The molecule has 0 saturated carbocycles. The lowest BCUT2D eigenvalue weighted by atomic mass is 10.0. The van der Waals surface area contributed by atoms with Crippen LogP contribution in [-0.4, -0.2) is 58.6 Å². The maximum Gasteiger partial charge on any atom is 0.416 e. The van der Waals surface area contributed by atoms with Gasteiger partial charge in [-0.1, -0.05) is 35.0 Å². The van der Waals surface area contributed by atoms with Crippen LogP contribution in [-0.2, 0) is 30.2 Å². The number of carbonyl (C=O) groups is 1. The molecule has 0 radical (unpaired) electrons. The van der Waals surface area contributed by atoms with Gasteiger partial charge in [0, 0.05) is 31.2 Å². The van der Waals surface area contributed by atoms with E-state index in [2.05, 4.69) is 10.3 Å². The molecule has 0 N–H and O–H groups in total. The van der Waals surface area contributed by atoms with Crippen LogP contribution in [0.1, 0.15) is 39.7 Å². The van der Waals surface area contributed by atoms with E-state index in [1.807, 2.05) is 0 Å². The van der Waals surface area contributed by atoms with Crippen LogP contribution in [0.3, 0.4) is 0 Å². The largest absolute Gasteiger partial charge is 0.416 e. The van der Waals surface area contributed by atoms with Crippen molar-refractivity contribution in [3.63, 3.8) is 0 Å². The summed E-state index contributed by atoms with van der Waals surface area (Å²) in [6.45, 7) is 2.97. The van der Waals surface area contributed by atoms with E-state index in [9.17, 15) is 31.1 Å². The molecule has 1 fully saturated rings. The Hall–Kier alpha value is -3.32. The summed E-state index contributed by atoms with van der Waals surface area (Å²) in [5.74, 6) is -0.322. The van der Waals surface area contributed by atoms with E-state index in [1.54, 1.807) is 36.1 Å². The number of hydrogen-bond donors (Lipinski definition) is 0. The van der Waals surface area contributed by atoms with Crippen LogP contribution < -0.4 is 4.90 Å². The smallest absolute Gasteiger partial charge is 0.378 e. The Kier molecular flexibility index (Phi) is 8.40. The first-order valence-electron chi connectivity index (χ1n) is 12.0. The maximum absolute atomic E-state index is 13.6. The molecule has 7 nitrogen and oxygen atoms in total. The van der Waals surface area contributed by atoms with E-state index in [-0.39, 0.29) is 36.2 Å². The Morgan fingerprint density at radius 1 is 1.03 bits per heavy atom. The summed E-state index contributed by atoms with van der Waals surface area (Å²) in [6.07, 6.45) is -9.99. The molecule has 39 heavy (non-hydrogen) atoms. The third-order valence-electron chi connectivity index (χ3n) is 6.19. The van der Waals surface area contributed by atoms with Crippen LogP contribution in [0, 0.1) is 0 Å². The molecule has 0 bridgehead atoms. The van der Waals surface area contributed by atoms with Gasteiger partial charge < -0.3 is 14.5 Å². The molecule has 4 rings (SSSR count). The summed E-state index contributed by atoms with van der Waals surface area (Å²) in [6, 6.07) is 8.33. The number of ether oxygens (including phenoxy) is 1. The normalized spacial score (nSPS) is 14.5. The number of carbonyl (C=O) groups excluding carboxylic acids is 1. The van der Waals surface area contributed by atoms with Crippen molar-refractivity contribution in [1.82, 2.24) is 19.9 Å². The minimum atomic E-state index is -4.99. The predicted octanol–water partition coefficient (Wildman–Crippen LogP) is 5.52. The summed E-state index contributed by atoms with van der Waals surface area (Å²) in [4.78, 5) is 16.8. The molecule has 1 aromatic heterocycles. The van der Waals surface area contributed by atoms with Crippen molar-refractivity contribution >= 4 is 23.3 Å². The molecule has 0 unspecified atom stereocenters. The highest BCUT2D eigenvalue weighted by atomic mass is 35.5. The summed E-state index contributed by atoms with van der Waals surface area (Å²) < 4.78 is 87.0. The van der Waals surface area contributed by atoms with Crippen LogP contribution >= 0.6 is 11.6 Å². The minimum absolute atomic E-state index is 0.0660. The first-order chi connectivity index (χ1) is 18.4. The van der Waals surface area contributed by atoms with Crippen molar-refractivity contribution in [2.45, 2.75) is 32.4 Å². The molecule has 2 heterocycles. The maximum atomic E-state index is 13.6. The molecular weight excluding hydrogens is 552 g/mol. The summed E-state index contributed by atoms with van der Waals surface area (Å²) in [5, 5.41) is 8.47. The zero-order valence-electron chi connectivity index (χ0n) is 20.7. The number of halogens is 7. The molecule has 1 amide bonds. The van der Waals surface area contributed by atoms with Gasteiger partial charge in [0.2, 0.25) is 0 Å². The van der Waals surface area contributed by atoms with E-state index in [4.69, 9.17) is 16.3 Å². The van der Waals surface area contributed by atoms with Crippen molar-refractivity contribution in [3.05, 3.63) is 75.4 Å². The summed E-state index contributed by atoms with van der Waals surface area (Å²) in [5.41, 5.74) is -2.55. The van der Waals surface area contributed by atoms with E-state index in [0.717, 1.165) is 4.68 Å². The number of rotatable bonds is 7. The number of anilines is 1. The fourth-order valence-corrected chi connectivity index (χ4v) is 4.43. The van der Waals surface area contributed by atoms with Gasteiger partial charge in [-0.2, -0.15) is 26.3 Å². The lowest BCUT2D eigenvalue weighted by Gasteiger charge is -2.30. The van der Waals surface area contributed by atoms with Gasteiger partial charge in [-0.3, -0.25) is 4.79 Å². The number of alkyl halides is 6. The Labute approximate surface area is 224 Å². The van der Waals surface area contributed by atoms with E-state index < -0.39 is 35.9 Å². The van der Waals surface area contributed by atoms with Crippen molar-refractivity contribution in [3.8, 4) is 0 Å². The molecule has 1 saturated heterocycles. The number of benzene rings is 2. The SMILES string of the molecule is CCN(Cc1ccccc1Cl)C(=O)c1nnn(Cc2cc(C(F)(F)F)cc(C(F)(F)F)c2)c1N1CCOCC1. The van der Waals surface area contributed by atoms with Gasteiger partial charge >= 0.3 is 12.4 Å². The van der Waals surface area contributed by atoms with Crippen molar-refractivity contribution in [2.75, 3.05) is 37.7 Å². The van der Waals surface area contributed by atoms with Crippen molar-refractivity contribution in [1.29, 1.82) is 0 Å². The van der Waals surface area contributed by atoms with Gasteiger partial charge in [0.25, 0.3) is 5.91 Å². The second-order valence-electron chi connectivity index (χ2n) is 8.84. The quantitative estimate of drug-likeness (QED) is 0.347. The number of hydrogen-bond acceptors (Lipinski definition) is 5. The van der Waals surface area contributed by atoms with Crippen LogP contribution in [0.2, 0.25) is 5.02 Å². The highest BCUT2D eigenvalue weighted by molar-refractivity contribution is 6.31. The van der Waals surface area contributed by atoms with Gasteiger partial charge in [0.15, 0.2) is 11.5 Å². The molecule has 210 valence electrons. The van der Waals surface area contributed by atoms with Crippen molar-refractivity contribution in [2.24, 2.45) is 0 Å². The number of nitrogens with zero attached hydrogens (tertiary/aromatic N) is 5. The Morgan fingerprint density at radius 3 is 2.21 bits per heavy atom. The Morgan fingerprint density at radius 2 is 1.64 bits per heavy atom. The molecule has 1 aliphatic rings. The molecule has 14 heteroatoms. The molecule has 0 aliphatic carbocycles. The number of aromatic nitrogens is 3. The highest BCUT2D eigenvalue weighted by Crippen LogP contribution is 2.37. The van der Waals surface area contributed by atoms with Gasteiger partial charge in [-0.05, 0) is 42.3 Å². The zero-order chi connectivity index (χ0) is 28.4. The fraction of sp³-hybridized carbons (Fsp3) is 0.400. The third kappa shape index (κ3) is 6.64. The third-order valence-corrected chi connectivity index (χ3v) is 6.56. The average molecular weight is 576 g/mol. The van der Waals surface area contributed by atoms with E-state index >= 15 is 0 Å². The summed E-state index contributed by atoms with van der Waals surface area (Å²) in [7, 11) is 0. The van der Waals surface area contributed by atoms with E-state index in [1.165, 1.54) is 4.90 Å². The van der Waals surface area contributed by atoms with Crippen LogP contribution in [0.5, 0.6) is 0 Å². The average Bonchev–Trinajstić information content (AvgIpc) is 3.30. The molecular formula is C25H24ClF6N5O2. The predicted molar refractivity (Wildman–Crippen MR) is 130 cm³/mol. The molecule has 3 aromatic rings. The Bertz CT molecular complexity index is 1290. The second-order valence-corrected chi connectivity index (χ2v) is 9.25. The van der Waals surface area contributed by atoms with Gasteiger partial charge in [-0.25, -0.2) is 4.68 Å². The molecule has 1 aliphatic heterocycles. The highest BCUT2D eigenvalue weighted by Gasteiger charge is 2.37. The lowest BCUT2D eigenvalue weighted by Crippen LogP contribution is -2.39. The monoisotopic (exact) mass is 575 g/mol. The van der Waals surface area contributed by atoms with E-state index in [0.29, 0.717) is 49.0 Å². The number of amides is 1. The first-order valence-corrected chi connectivity index (χ1v) is 12.3. The topological polar surface area (TPSA) is 63.5 Å². The minimum Gasteiger partial charge on any atom is -0.378 e. The standard InChI is InChI=1S/C25H24ClF6N5O2/c1-2-35(15-17-5-3-4-6-20(17)26)23(38)21-22(36-7-9-39-10-8-36)37(34-33-21)14-16-11-18(24(27,28)29)13-19(12-16)25(30,31)32/h3-6,11-13H,2,7-10,14-15H2,1H3. The van der Waals surface area contributed by atoms with Crippen LogP contribution in [0.25, 0.3) is 0 Å². The summed E-state index contributed by atoms with van der Waals surface area (Å²) >= 11 is 6.26. The molecule has 2 aromatic carbocycles. The number of morpholine rings is 1. The Balaban J connectivity index is 1.73. The molecule has 0 atom stereocenters. The van der Waals surface area contributed by atoms with Crippen LogP contribution in [0.4, 0.5) is 32.2 Å². The lowest BCUT2D eigenvalue weighted by molar-refractivity contribution is -0.143. The molecule has 0 spiro atoms. The second kappa shape index (κ2) is 11.4. The van der Waals surface area contributed by atoms with Gasteiger partial charge in [0.05, 0.1) is 30.9 Å². The van der Waals surface area contributed by atoms with Gasteiger partial charge in [-0.15, -0.1) is 5.10 Å². The van der Waals surface area contributed by atoms with Crippen molar-refractivity contribution < 1.29 is 35.9 Å². The van der Waals surface area contributed by atoms with Gasteiger partial charge in [0.1, 0.15) is 0 Å². The fourth-order valence-electron chi connectivity index (χ4n) is 4.23. The van der Waals surface area contributed by atoms with Crippen LogP contribution in [0.15, 0.2) is 42.5 Å². The first kappa shape index (κ1) is 28.7.